The van der Waals surface area contributed by atoms with Crippen molar-refractivity contribution in [2.45, 2.75) is 39.7 Å². The van der Waals surface area contributed by atoms with Crippen LogP contribution in [0, 0.1) is 5.92 Å². The molecule has 0 aliphatic heterocycles. The summed E-state index contributed by atoms with van der Waals surface area (Å²) in [6, 6.07) is 2.12. The molecule has 0 saturated carbocycles. The SMILES string of the molecule is CCc1ccsc1C(O)C(C)CC. The van der Waals surface area contributed by atoms with E-state index in [0.717, 1.165) is 17.7 Å². The molecule has 1 aromatic rings. The third-order valence-corrected chi connectivity index (χ3v) is 3.64. The van der Waals surface area contributed by atoms with Gasteiger partial charge in [0.25, 0.3) is 0 Å². The minimum absolute atomic E-state index is 0.264. The summed E-state index contributed by atoms with van der Waals surface area (Å²) in [5, 5.41) is 12.1. The lowest BCUT2D eigenvalue weighted by atomic mass is 9.98. The minimum atomic E-state index is -0.264. The van der Waals surface area contributed by atoms with Gasteiger partial charge >= 0.3 is 0 Å². The molecule has 0 amide bonds. The molecule has 0 radical (unpaired) electrons. The zero-order valence-corrected chi connectivity index (χ0v) is 9.40. The third-order valence-electron chi connectivity index (χ3n) is 2.61. The molecule has 0 fully saturated rings. The molecule has 0 aliphatic rings. The summed E-state index contributed by atoms with van der Waals surface area (Å²) in [6.07, 6.45) is 1.79. The summed E-state index contributed by atoms with van der Waals surface area (Å²) < 4.78 is 0. The molecule has 74 valence electrons. The Morgan fingerprint density at radius 2 is 2.15 bits per heavy atom. The largest absolute Gasteiger partial charge is 0.387 e. The second-order valence-electron chi connectivity index (χ2n) is 3.49. The molecule has 1 heterocycles. The second kappa shape index (κ2) is 4.77. The van der Waals surface area contributed by atoms with Crippen molar-refractivity contribution in [2.75, 3.05) is 0 Å². The van der Waals surface area contributed by atoms with Crippen LogP contribution in [0.15, 0.2) is 11.4 Å². The molecule has 0 aliphatic carbocycles. The molecule has 0 saturated heterocycles. The van der Waals surface area contributed by atoms with E-state index >= 15 is 0 Å². The van der Waals surface area contributed by atoms with Gasteiger partial charge in [-0.05, 0) is 29.3 Å². The van der Waals surface area contributed by atoms with Crippen LogP contribution in [0.3, 0.4) is 0 Å². The Balaban J connectivity index is 2.81. The van der Waals surface area contributed by atoms with E-state index < -0.39 is 0 Å². The highest BCUT2D eigenvalue weighted by Crippen LogP contribution is 2.31. The summed E-state index contributed by atoms with van der Waals surface area (Å²) in [4.78, 5) is 1.16. The number of aryl methyl sites for hydroxylation is 1. The predicted molar refractivity (Wildman–Crippen MR) is 58.1 cm³/mol. The van der Waals surface area contributed by atoms with Crippen molar-refractivity contribution >= 4 is 11.3 Å². The van der Waals surface area contributed by atoms with Gasteiger partial charge in [-0.15, -0.1) is 11.3 Å². The summed E-state index contributed by atoms with van der Waals surface area (Å²) >= 11 is 1.68. The van der Waals surface area contributed by atoms with E-state index in [1.54, 1.807) is 11.3 Å². The topological polar surface area (TPSA) is 20.2 Å². The lowest BCUT2D eigenvalue weighted by Gasteiger charge is -2.17. The number of aliphatic hydroxyl groups is 1. The van der Waals surface area contributed by atoms with Gasteiger partial charge in [-0.2, -0.15) is 0 Å². The van der Waals surface area contributed by atoms with Gasteiger partial charge in [-0.25, -0.2) is 0 Å². The highest BCUT2D eigenvalue weighted by Gasteiger charge is 2.18. The fourth-order valence-electron chi connectivity index (χ4n) is 1.38. The van der Waals surface area contributed by atoms with Crippen molar-refractivity contribution < 1.29 is 5.11 Å². The van der Waals surface area contributed by atoms with Gasteiger partial charge in [0.15, 0.2) is 0 Å². The first-order valence-electron chi connectivity index (χ1n) is 4.95. The Kier molecular flexibility index (Phi) is 3.94. The van der Waals surface area contributed by atoms with Crippen LogP contribution in [0.2, 0.25) is 0 Å². The summed E-state index contributed by atoms with van der Waals surface area (Å²) in [5.74, 6) is 0.365. The van der Waals surface area contributed by atoms with Gasteiger partial charge in [0, 0.05) is 4.88 Å². The quantitative estimate of drug-likeness (QED) is 0.786. The van der Waals surface area contributed by atoms with Crippen LogP contribution in [0.25, 0.3) is 0 Å². The summed E-state index contributed by atoms with van der Waals surface area (Å²) in [5.41, 5.74) is 1.30. The maximum atomic E-state index is 10.0. The highest BCUT2D eigenvalue weighted by atomic mass is 32.1. The molecule has 2 atom stereocenters. The van der Waals surface area contributed by atoms with Gasteiger partial charge in [0.1, 0.15) is 0 Å². The molecule has 1 aromatic heterocycles. The Bertz CT molecular complexity index is 254. The van der Waals surface area contributed by atoms with Gasteiger partial charge in [0.05, 0.1) is 6.10 Å². The van der Waals surface area contributed by atoms with Gasteiger partial charge in [-0.1, -0.05) is 27.2 Å². The monoisotopic (exact) mass is 198 g/mol. The Morgan fingerprint density at radius 3 is 2.69 bits per heavy atom. The van der Waals surface area contributed by atoms with Crippen LogP contribution >= 0.6 is 11.3 Å². The van der Waals surface area contributed by atoms with E-state index in [2.05, 4.69) is 32.2 Å². The molecule has 0 spiro atoms. The van der Waals surface area contributed by atoms with Crippen LogP contribution in [-0.4, -0.2) is 5.11 Å². The Morgan fingerprint density at radius 1 is 1.46 bits per heavy atom. The van der Waals surface area contributed by atoms with Crippen molar-refractivity contribution in [3.63, 3.8) is 0 Å². The molecule has 2 unspecified atom stereocenters. The first-order valence-corrected chi connectivity index (χ1v) is 5.83. The second-order valence-corrected chi connectivity index (χ2v) is 4.44. The first kappa shape index (κ1) is 10.7. The van der Waals surface area contributed by atoms with Crippen LogP contribution in [0.1, 0.15) is 43.7 Å². The number of hydrogen-bond acceptors (Lipinski definition) is 2. The van der Waals surface area contributed by atoms with E-state index in [1.165, 1.54) is 5.56 Å². The zero-order chi connectivity index (χ0) is 9.84. The fourth-order valence-corrected chi connectivity index (χ4v) is 2.50. The van der Waals surface area contributed by atoms with E-state index in [4.69, 9.17) is 0 Å². The lowest BCUT2D eigenvalue weighted by Crippen LogP contribution is -2.08. The maximum absolute atomic E-state index is 10.0. The van der Waals surface area contributed by atoms with Crippen molar-refractivity contribution in [2.24, 2.45) is 5.92 Å². The maximum Gasteiger partial charge on any atom is 0.0910 e. The van der Waals surface area contributed by atoms with Gasteiger partial charge in [-0.3, -0.25) is 0 Å². The van der Waals surface area contributed by atoms with Gasteiger partial charge < -0.3 is 5.11 Å². The third kappa shape index (κ3) is 2.32. The van der Waals surface area contributed by atoms with Crippen LogP contribution in [0.4, 0.5) is 0 Å². The smallest absolute Gasteiger partial charge is 0.0910 e. The molecular formula is C11H18OS. The number of rotatable bonds is 4. The average Bonchev–Trinajstić information content (AvgIpc) is 2.62. The summed E-state index contributed by atoms with van der Waals surface area (Å²) in [7, 11) is 0. The van der Waals surface area contributed by atoms with Crippen LogP contribution in [0.5, 0.6) is 0 Å². The zero-order valence-electron chi connectivity index (χ0n) is 8.58. The normalized spacial score (nSPS) is 15.7. The molecule has 0 aromatic carbocycles. The fraction of sp³-hybridized carbons (Fsp3) is 0.636. The lowest BCUT2D eigenvalue weighted by molar-refractivity contribution is 0.118. The predicted octanol–water partition coefficient (Wildman–Crippen LogP) is 3.39. The minimum Gasteiger partial charge on any atom is -0.387 e. The van der Waals surface area contributed by atoms with Crippen LogP contribution < -0.4 is 0 Å². The molecule has 2 heteroatoms. The molecule has 13 heavy (non-hydrogen) atoms. The average molecular weight is 198 g/mol. The Labute approximate surface area is 84.4 Å². The van der Waals surface area contributed by atoms with E-state index in [1.807, 2.05) is 0 Å². The molecule has 1 nitrogen and oxygen atoms in total. The van der Waals surface area contributed by atoms with Gasteiger partial charge in [0.2, 0.25) is 0 Å². The summed E-state index contributed by atoms with van der Waals surface area (Å²) in [6.45, 7) is 6.35. The number of hydrogen-bond donors (Lipinski definition) is 1. The standard InChI is InChI=1S/C11H18OS/c1-4-8(3)10(12)11-9(5-2)6-7-13-11/h6-8,10,12H,4-5H2,1-3H3. The van der Waals surface area contributed by atoms with Crippen LogP contribution in [-0.2, 0) is 6.42 Å². The first-order chi connectivity index (χ1) is 6.20. The number of aliphatic hydroxyl groups excluding tert-OH is 1. The number of thiophene rings is 1. The molecular weight excluding hydrogens is 180 g/mol. The van der Waals surface area contributed by atoms with Crippen molar-refractivity contribution in [3.8, 4) is 0 Å². The molecule has 0 bridgehead atoms. The van der Waals surface area contributed by atoms with E-state index in [0.29, 0.717) is 5.92 Å². The van der Waals surface area contributed by atoms with E-state index in [9.17, 15) is 5.11 Å². The van der Waals surface area contributed by atoms with E-state index in [-0.39, 0.29) is 6.10 Å². The Hall–Kier alpha value is -0.340. The molecule has 1 rings (SSSR count). The van der Waals surface area contributed by atoms with Crippen molar-refractivity contribution in [1.29, 1.82) is 0 Å². The van der Waals surface area contributed by atoms with Crippen molar-refractivity contribution in [3.05, 3.63) is 21.9 Å². The molecule has 1 N–H and O–H groups in total. The van der Waals surface area contributed by atoms with Crippen molar-refractivity contribution in [1.82, 2.24) is 0 Å². The highest BCUT2D eigenvalue weighted by molar-refractivity contribution is 7.10.